The Morgan fingerprint density at radius 2 is 1.50 bits per heavy atom. The van der Waals surface area contributed by atoms with Crippen molar-refractivity contribution in [3.05, 3.63) is 71.8 Å². The van der Waals surface area contributed by atoms with Gasteiger partial charge in [0, 0.05) is 12.6 Å². The average Bonchev–Trinajstić information content (AvgIpc) is 2.73. The maximum absolute atomic E-state index is 12.8. The number of urea groups is 1. The smallest absolute Gasteiger partial charge is 0.316 e. The molecule has 2 atom stereocenters. The van der Waals surface area contributed by atoms with Crippen molar-refractivity contribution >= 4 is 11.9 Å². The second-order valence-electron chi connectivity index (χ2n) is 7.47. The molecular formula is C23H29N3O2. The van der Waals surface area contributed by atoms with Crippen molar-refractivity contribution in [2.24, 2.45) is 0 Å². The molecule has 0 spiro atoms. The number of carbonyl (C=O) groups excluding carboxylic acids is 2. The molecule has 1 fully saturated rings. The van der Waals surface area contributed by atoms with Gasteiger partial charge in [0.05, 0.1) is 6.04 Å². The molecule has 0 aromatic heterocycles. The Bertz CT molecular complexity index is 739. The van der Waals surface area contributed by atoms with Gasteiger partial charge in [-0.25, -0.2) is 4.79 Å². The third-order valence-electron chi connectivity index (χ3n) is 5.35. The highest BCUT2D eigenvalue weighted by atomic mass is 16.2. The number of likely N-dealkylation sites (tertiary alicyclic amines) is 1. The van der Waals surface area contributed by atoms with E-state index in [0.717, 1.165) is 36.9 Å². The first kappa shape index (κ1) is 19.9. The van der Waals surface area contributed by atoms with Crippen LogP contribution in [0.15, 0.2) is 60.7 Å². The molecule has 1 heterocycles. The van der Waals surface area contributed by atoms with Gasteiger partial charge in [0.25, 0.3) is 0 Å². The van der Waals surface area contributed by atoms with E-state index < -0.39 is 6.04 Å². The zero-order valence-corrected chi connectivity index (χ0v) is 16.6. The molecule has 0 radical (unpaired) electrons. The maximum Gasteiger partial charge on any atom is 0.316 e. The monoisotopic (exact) mass is 379 g/mol. The summed E-state index contributed by atoms with van der Waals surface area (Å²) in [5.74, 6) is -0.0154. The van der Waals surface area contributed by atoms with E-state index in [1.54, 1.807) is 6.92 Å². The van der Waals surface area contributed by atoms with E-state index in [0.29, 0.717) is 0 Å². The number of hydrogen-bond acceptors (Lipinski definition) is 2. The molecule has 1 aliphatic heterocycles. The van der Waals surface area contributed by atoms with E-state index in [1.165, 1.54) is 0 Å². The Morgan fingerprint density at radius 1 is 0.929 bits per heavy atom. The molecule has 5 nitrogen and oxygen atoms in total. The lowest BCUT2D eigenvalue weighted by Gasteiger charge is -2.35. The molecule has 1 saturated heterocycles. The predicted octanol–water partition coefficient (Wildman–Crippen LogP) is 3.86. The zero-order chi connectivity index (χ0) is 19.9. The third kappa shape index (κ3) is 4.91. The zero-order valence-electron chi connectivity index (χ0n) is 16.6. The van der Waals surface area contributed by atoms with Crippen LogP contribution in [0.25, 0.3) is 0 Å². The molecule has 2 unspecified atom stereocenters. The minimum atomic E-state index is -0.562. The van der Waals surface area contributed by atoms with Gasteiger partial charge in [-0.05, 0) is 44.2 Å². The Hall–Kier alpha value is -2.82. The fraction of sp³-hybridized carbons (Fsp3) is 0.391. The minimum Gasteiger partial charge on any atom is -0.338 e. The van der Waals surface area contributed by atoms with Gasteiger partial charge >= 0.3 is 6.03 Å². The van der Waals surface area contributed by atoms with Gasteiger partial charge in [0.1, 0.15) is 6.04 Å². The number of nitrogens with zero attached hydrogens (tertiary/aromatic N) is 1. The lowest BCUT2D eigenvalue weighted by atomic mass is 9.99. The quantitative estimate of drug-likeness (QED) is 0.829. The van der Waals surface area contributed by atoms with E-state index in [9.17, 15) is 9.59 Å². The van der Waals surface area contributed by atoms with E-state index in [1.807, 2.05) is 65.6 Å². The molecule has 2 aromatic carbocycles. The van der Waals surface area contributed by atoms with Crippen molar-refractivity contribution in [1.82, 2.24) is 15.5 Å². The Balaban J connectivity index is 1.67. The van der Waals surface area contributed by atoms with Crippen LogP contribution in [0.3, 0.4) is 0 Å². The number of carbonyl (C=O) groups is 2. The van der Waals surface area contributed by atoms with Crippen LogP contribution in [0.2, 0.25) is 0 Å². The van der Waals surface area contributed by atoms with E-state index in [4.69, 9.17) is 0 Å². The van der Waals surface area contributed by atoms with Crippen LogP contribution < -0.4 is 10.6 Å². The second kappa shape index (κ2) is 9.40. The Kier molecular flexibility index (Phi) is 6.69. The molecule has 0 aliphatic carbocycles. The molecule has 28 heavy (non-hydrogen) atoms. The summed E-state index contributed by atoms with van der Waals surface area (Å²) in [6, 6.07) is 18.7. The van der Waals surface area contributed by atoms with Crippen LogP contribution in [0, 0.1) is 0 Å². The standard InChI is InChI=1S/C23H29N3O2/c1-17-11-9-10-16-26(17)22(27)18(2)24-23(28)25-21(19-12-5-3-6-13-19)20-14-7-4-8-15-20/h3-8,12-15,17-18,21H,9-11,16H2,1-2H3,(H2,24,25,28). The lowest BCUT2D eigenvalue weighted by Crippen LogP contribution is -2.53. The highest BCUT2D eigenvalue weighted by Gasteiger charge is 2.28. The van der Waals surface area contributed by atoms with Gasteiger partial charge in [-0.3, -0.25) is 4.79 Å². The van der Waals surface area contributed by atoms with Crippen LogP contribution in [-0.4, -0.2) is 35.5 Å². The number of benzene rings is 2. The molecular weight excluding hydrogens is 350 g/mol. The average molecular weight is 380 g/mol. The largest absolute Gasteiger partial charge is 0.338 e. The van der Waals surface area contributed by atoms with Crippen molar-refractivity contribution in [2.45, 2.75) is 51.2 Å². The minimum absolute atomic E-state index is 0.0154. The topological polar surface area (TPSA) is 61.4 Å². The fourth-order valence-corrected chi connectivity index (χ4v) is 3.76. The molecule has 3 rings (SSSR count). The van der Waals surface area contributed by atoms with Crippen LogP contribution >= 0.6 is 0 Å². The second-order valence-corrected chi connectivity index (χ2v) is 7.47. The molecule has 0 bridgehead atoms. The van der Waals surface area contributed by atoms with Crippen molar-refractivity contribution in [3.63, 3.8) is 0 Å². The van der Waals surface area contributed by atoms with Gasteiger partial charge in [-0.1, -0.05) is 60.7 Å². The molecule has 3 amide bonds. The maximum atomic E-state index is 12.8. The highest BCUT2D eigenvalue weighted by molar-refractivity contribution is 5.87. The van der Waals surface area contributed by atoms with Gasteiger partial charge in [0.15, 0.2) is 0 Å². The van der Waals surface area contributed by atoms with Gasteiger partial charge < -0.3 is 15.5 Å². The normalized spacial score (nSPS) is 17.8. The number of hydrogen-bond donors (Lipinski definition) is 2. The summed E-state index contributed by atoms with van der Waals surface area (Å²) >= 11 is 0. The van der Waals surface area contributed by atoms with Crippen LogP contribution in [0.4, 0.5) is 4.79 Å². The summed E-state index contributed by atoms with van der Waals surface area (Å²) < 4.78 is 0. The van der Waals surface area contributed by atoms with Crippen molar-refractivity contribution in [1.29, 1.82) is 0 Å². The molecule has 1 aliphatic rings. The fourth-order valence-electron chi connectivity index (χ4n) is 3.76. The van der Waals surface area contributed by atoms with Gasteiger partial charge in [-0.15, -0.1) is 0 Å². The Labute approximate surface area is 167 Å². The van der Waals surface area contributed by atoms with Crippen molar-refractivity contribution < 1.29 is 9.59 Å². The molecule has 0 saturated carbocycles. The van der Waals surface area contributed by atoms with Crippen LogP contribution in [0.1, 0.15) is 50.3 Å². The van der Waals surface area contributed by atoms with Crippen LogP contribution in [0.5, 0.6) is 0 Å². The van der Waals surface area contributed by atoms with Gasteiger partial charge in [0.2, 0.25) is 5.91 Å². The highest BCUT2D eigenvalue weighted by Crippen LogP contribution is 2.22. The first-order chi connectivity index (χ1) is 13.6. The van der Waals surface area contributed by atoms with E-state index in [2.05, 4.69) is 17.6 Å². The molecule has 5 heteroatoms. The summed E-state index contributed by atoms with van der Waals surface area (Å²) in [4.78, 5) is 27.3. The first-order valence-corrected chi connectivity index (χ1v) is 10.0. The third-order valence-corrected chi connectivity index (χ3v) is 5.35. The molecule has 2 aromatic rings. The Morgan fingerprint density at radius 3 is 2.04 bits per heavy atom. The van der Waals surface area contributed by atoms with Gasteiger partial charge in [-0.2, -0.15) is 0 Å². The lowest BCUT2D eigenvalue weighted by molar-refractivity contribution is -0.136. The molecule has 2 N–H and O–H groups in total. The van der Waals surface area contributed by atoms with E-state index >= 15 is 0 Å². The number of amides is 3. The summed E-state index contributed by atoms with van der Waals surface area (Å²) in [5.41, 5.74) is 1.99. The summed E-state index contributed by atoms with van der Waals surface area (Å²) in [6.45, 7) is 4.60. The number of piperidine rings is 1. The first-order valence-electron chi connectivity index (χ1n) is 10.0. The SMILES string of the molecule is CC(NC(=O)NC(c1ccccc1)c1ccccc1)C(=O)N1CCCCC1C. The summed E-state index contributed by atoms with van der Waals surface area (Å²) in [5, 5.41) is 5.85. The van der Waals surface area contributed by atoms with E-state index in [-0.39, 0.29) is 24.0 Å². The molecule has 148 valence electrons. The van der Waals surface area contributed by atoms with Crippen molar-refractivity contribution in [3.8, 4) is 0 Å². The number of rotatable bonds is 5. The predicted molar refractivity (Wildman–Crippen MR) is 111 cm³/mol. The number of nitrogens with one attached hydrogen (secondary N) is 2. The summed E-state index contributed by atoms with van der Waals surface area (Å²) in [6.07, 6.45) is 3.21. The van der Waals surface area contributed by atoms with Crippen molar-refractivity contribution in [2.75, 3.05) is 6.54 Å². The summed E-state index contributed by atoms with van der Waals surface area (Å²) in [7, 11) is 0. The van der Waals surface area contributed by atoms with Crippen LogP contribution in [-0.2, 0) is 4.79 Å².